The Morgan fingerprint density at radius 3 is 1.40 bits per heavy atom. The molecule has 2 aromatic carbocycles. The number of rotatable bonds is 2. The molecule has 3 aliphatic rings. The van der Waals surface area contributed by atoms with Gasteiger partial charge in [-0.05, 0) is 77.3 Å². The maximum Gasteiger partial charge on any atom is -0.00134 e. The molecule has 0 N–H and O–H groups in total. The van der Waals surface area contributed by atoms with E-state index in [1.807, 2.05) is 0 Å². The zero-order valence-electron chi connectivity index (χ0n) is 15.4. The molecule has 130 valence electrons. The van der Waals surface area contributed by atoms with Crippen molar-refractivity contribution in [2.75, 3.05) is 0 Å². The molecule has 0 nitrogen and oxygen atoms in total. The van der Waals surface area contributed by atoms with Gasteiger partial charge in [-0.15, -0.1) is 0 Å². The molecule has 0 heterocycles. The van der Waals surface area contributed by atoms with E-state index in [0.717, 1.165) is 18.3 Å². The van der Waals surface area contributed by atoms with Gasteiger partial charge >= 0.3 is 0 Å². The summed E-state index contributed by atoms with van der Waals surface area (Å²) in [7, 11) is 0. The minimum absolute atomic E-state index is 0.810. The van der Waals surface area contributed by atoms with E-state index in [0.29, 0.717) is 0 Å². The van der Waals surface area contributed by atoms with Crippen LogP contribution in [0.1, 0.15) is 98.3 Å². The molecule has 25 heavy (non-hydrogen) atoms. The molecule has 2 aromatic rings. The van der Waals surface area contributed by atoms with Crippen LogP contribution in [-0.4, -0.2) is 0 Å². The standard InChI is InChI=1S/C25H30/c1-3-7-18(8-4-1)20-11-13-22-15-23-14-12-21(17-25(23)24(22)16-20)19-9-5-2-6-10-19/h11-14,16-19H,1-10,15H2. The van der Waals surface area contributed by atoms with Crippen molar-refractivity contribution in [1.82, 2.24) is 0 Å². The van der Waals surface area contributed by atoms with Crippen LogP contribution in [0.3, 0.4) is 0 Å². The van der Waals surface area contributed by atoms with Crippen LogP contribution in [-0.2, 0) is 6.42 Å². The van der Waals surface area contributed by atoms with Gasteiger partial charge in [0.05, 0.1) is 0 Å². The quantitative estimate of drug-likeness (QED) is 0.460. The molecule has 3 aliphatic carbocycles. The van der Waals surface area contributed by atoms with E-state index in [2.05, 4.69) is 36.4 Å². The maximum absolute atomic E-state index is 2.56. The van der Waals surface area contributed by atoms with Crippen molar-refractivity contribution < 1.29 is 0 Å². The van der Waals surface area contributed by atoms with Crippen molar-refractivity contribution in [3.63, 3.8) is 0 Å². The summed E-state index contributed by atoms with van der Waals surface area (Å²) in [5.41, 5.74) is 9.42. The van der Waals surface area contributed by atoms with E-state index in [-0.39, 0.29) is 0 Å². The Kier molecular flexibility index (Phi) is 4.16. The lowest BCUT2D eigenvalue weighted by Crippen LogP contribution is -2.05. The lowest BCUT2D eigenvalue weighted by Gasteiger charge is -2.23. The first-order valence-electron chi connectivity index (χ1n) is 10.6. The Morgan fingerprint density at radius 2 is 0.960 bits per heavy atom. The van der Waals surface area contributed by atoms with E-state index < -0.39 is 0 Å². The molecule has 5 rings (SSSR count). The van der Waals surface area contributed by atoms with Gasteiger partial charge in [0.2, 0.25) is 0 Å². The van der Waals surface area contributed by atoms with Crippen molar-refractivity contribution in [2.24, 2.45) is 0 Å². The lowest BCUT2D eigenvalue weighted by atomic mass is 9.82. The molecule has 0 spiro atoms. The van der Waals surface area contributed by atoms with E-state index in [4.69, 9.17) is 0 Å². The maximum atomic E-state index is 2.56. The predicted octanol–water partition coefficient (Wildman–Crippen LogP) is 7.35. The number of hydrogen-bond acceptors (Lipinski definition) is 0. The molecule has 0 unspecified atom stereocenters. The Hall–Kier alpha value is -1.56. The van der Waals surface area contributed by atoms with Gasteiger partial charge in [-0.25, -0.2) is 0 Å². The average Bonchev–Trinajstić information content (AvgIpc) is 3.06. The number of benzene rings is 2. The first-order chi connectivity index (χ1) is 12.4. The van der Waals surface area contributed by atoms with Gasteiger partial charge in [-0.2, -0.15) is 0 Å². The first-order valence-corrected chi connectivity index (χ1v) is 10.6. The number of fused-ring (bicyclic) bond motifs is 3. The fourth-order valence-electron chi connectivity index (χ4n) is 5.58. The highest BCUT2D eigenvalue weighted by Crippen LogP contribution is 2.43. The molecule has 0 amide bonds. The summed E-state index contributed by atoms with van der Waals surface area (Å²) in [5.74, 6) is 1.62. The predicted molar refractivity (Wildman–Crippen MR) is 106 cm³/mol. The molecule has 2 fully saturated rings. The van der Waals surface area contributed by atoms with Crippen LogP contribution in [0.25, 0.3) is 11.1 Å². The molecular formula is C25H30. The van der Waals surface area contributed by atoms with E-state index in [9.17, 15) is 0 Å². The largest absolute Gasteiger partial charge is 0.0584 e. The lowest BCUT2D eigenvalue weighted by molar-refractivity contribution is 0.443. The second-order valence-electron chi connectivity index (χ2n) is 8.68. The minimum Gasteiger partial charge on any atom is -0.0584 e. The monoisotopic (exact) mass is 330 g/mol. The Morgan fingerprint density at radius 1 is 0.520 bits per heavy atom. The van der Waals surface area contributed by atoms with Gasteiger partial charge in [0.15, 0.2) is 0 Å². The van der Waals surface area contributed by atoms with Gasteiger partial charge in [0.1, 0.15) is 0 Å². The fraction of sp³-hybridized carbons (Fsp3) is 0.520. The Labute approximate surface area is 152 Å². The molecule has 0 radical (unpaired) electrons. The molecule has 0 heteroatoms. The third-order valence-electron chi connectivity index (χ3n) is 7.09. The second-order valence-corrected chi connectivity index (χ2v) is 8.68. The Bertz CT molecular complexity index is 692. The van der Waals surface area contributed by atoms with Crippen molar-refractivity contribution >= 4 is 0 Å². The topological polar surface area (TPSA) is 0 Å². The highest BCUT2D eigenvalue weighted by atomic mass is 14.3. The van der Waals surface area contributed by atoms with Gasteiger partial charge in [0, 0.05) is 0 Å². The van der Waals surface area contributed by atoms with Crippen molar-refractivity contribution in [1.29, 1.82) is 0 Å². The SMILES string of the molecule is c1cc2c(cc1C1CCCCC1)-c1cc(C3CCCCC3)ccc1C2. The summed E-state index contributed by atoms with van der Waals surface area (Å²) < 4.78 is 0. The molecule has 0 saturated heterocycles. The van der Waals surface area contributed by atoms with Crippen LogP contribution in [0.2, 0.25) is 0 Å². The van der Waals surface area contributed by atoms with Crippen LogP contribution < -0.4 is 0 Å². The van der Waals surface area contributed by atoms with E-state index >= 15 is 0 Å². The van der Waals surface area contributed by atoms with Gasteiger partial charge in [-0.3, -0.25) is 0 Å². The molecule has 0 bridgehead atoms. The fourth-order valence-corrected chi connectivity index (χ4v) is 5.58. The summed E-state index contributed by atoms with van der Waals surface area (Å²) in [4.78, 5) is 0. The first kappa shape index (κ1) is 15.7. The third kappa shape index (κ3) is 2.94. The normalized spacial score (nSPS) is 21.1. The highest BCUT2D eigenvalue weighted by Gasteiger charge is 2.24. The van der Waals surface area contributed by atoms with Crippen molar-refractivity contribution in [3.8, 4) is 11.1 Å². The third-order valence-corrected chi connectivity index (χ3v) is 7.09. The van der Waals surface area contributed by atoms with Crippen molar-refractivity contribution in [3.05, 3.63) is 58.7 Å². The summed E-state index contributed by atoms with van der Waals surface area (Å²) in [6, 6.07) is 14.8. The van der Waals surface area contributed by atoms with E-state index in [1.165, 1.54) is 64.2 Å². The van der Waals surface area contributed by atoms with E-state index in [1.54, 1.807) is 33.4 Å². The zero-order chi connectivity index (χ0) is 16.6. The van der Waals surface area contributed by atoms with Crippen LogP contribution in [0.4, 0.5) is 0 Å². The summed E-state index contributed by atoms with van der Waals surface area (Å²) in [5, 5.41) is 0. The summed E-state index contributed by atoms with van der Waals surface area (Å²) in [6.45, 7) is 0. The molecule has 0 atom stereocenters. The van der Waals surface area contributed by atoms with Gasteiger partial charge < -0.3 is 0 Å². The van der Waals surface area contributed by atoms with Crippen LogP contribution in [0, 0.1) is 0 Å². The highest BCUT2D eigenvalue weighted by molar-refractivity contribution is 5.78. The molecule has 0 aliphatic heterocycles. The molecule has 0 aromatic heterocycles. The van der Waals surface area contributed by atoms with Crippen LogP contribution in [0.15, 0.2) is 36.4 Å². The second kappa shape index (κ2) is 6.63. The smallest absolute Gasteiger partial charge is 0.00134 e. The zero-order valence-corrected chi connectivity index (χ0v) is 15.4. The minimum atomic E-state index is 0.810. The number of hydrogen-bond donors (Lipinski definition) is 0. The molecular weight excluding hydrogens is 300 g/mol. The van der Waals surface area contributed by atoms with Crippen molar-refractivity contribution in [2.45, 2.75) is 82.5 Å². The summed E-state index contributed by atoms with van der Waals surface area (Å²) >= 11 is 0. The Balaban J connectivity index is 1.49. The van der Waals surface area contributed by atoms with Crippen LogP contribution >= 0.6 is 0 Å². The van der Waals surface area contributed by atoms with Crippen LogP contribution in [0.5, 0.6) is 0 Å². The van der Waals surface area contributed by atoms with Gasteiger partial charge in [-0.1, -0.05) is 74.9 Å². The molecule has 2 saturated carbocycles. The summed E-state index contributed by atoms with van der Waals surface area (Å²) in [6.07, 6.45) is 15.3. The average molecular weight is 331 g/mol. The van der Waals surface area contributed by atoms with Gasteiger partial charge in [0.25, 0.3) is 0 Å².